The molecule has 0 radical (unpaired) electrons. The second-order valence-electron chi connectivity index (χ2n) is 15.8. The Bertz CT molecular complexity index is 1320. The van der Waals surface area contributed by atoms with E-state index in [1.54, 1.807) is 6.08 Å². The molecule has 0 spiro atoms. The van der Waals surface area contributed by atoms with E-state index in [4.69, 9.17) is 0 Å². The van der Waals surface area contributed by atoms with Gasteiger partial charge in [0.15, 0.2) is 0 Å². The average Bonchev–Trinajstić information content (AvgIpc) is 3.26. The molecular weight excluding hydrogens is 747 g/mol. The maximum absolute atomic E-state index is 12.4. The zero-order valence-electron chi connectivity index (χ0n) is 39.1. The minimum atomic E-state index is -0.881. The quantitative estimate of drug-likeness (QED) is 0.0424. The third-order valence-corrected chi connectivity index (χ3v) is 10.0. The van der Waals surface area contributed by atoms with Gasteiger partial charge in [-0.1, -0.05) is 217 Å². The summed E-state index contributed by atoms with van der Waals surface area (Å²) in [5, 5.41) is 22.9. The topological polar surface area (TPSA) is 69.6 Å². The number of nitrogens with one attached hydrogen (secondary N) is 1. The van der Waals surface area contributed by atoms with Crippen molar-refractivity contribution >= 4 is 5.91 Å². The average molecular weight is 838 g/mol. The Hall–Kier alpha value is -3.73. The van der Waals surface area contributed by atoms with E-state index in [0.717, 1.165) is 103 Å². The Balaban J connectivity index is 3.66. The van der Waals surface area contributed by atoms with Gasteiger partial charge in [0.2, 0.25) is 5.91 Å². The maximum atomic E-state index is 12.4. The Morgan fingerprint density at radius 3 is 1.15 bits per heavy atom. The number of aliphatic hydroxyl groups is 2. The molecule has 0 aromatic carbocycles. The second kappa shape index (κ2) is 50.6. The molecule has 0 aliphatic rings. The van der Waals surface area contributed by atoms with Crippen LogP contribution in [0.2, 0.25) is 0 Å². The fourth-order valence-electron chi connectivity index (χ4n) is 6.30. The lowest BCUT2D eigenvalue weighted by Crippen LogP contribution is -2.45. The smallest absolute Gasteiger partial charge is 0.220 e. The van der Waals surface area contributed by atoms with E-state index < -0.39 is 12.1 Å². The number of carbonyl (C=O) groups is 1. The zero-order chi connectivity index (χ0) is 44.2. The number of aliphatic hydroxyl groups excluding tert-OH is 2. The summed E-state index contributed by atoms with van der Waals surface area (Å²) in [6.45, 7) is 4.10. The van der Waals surface area contributed by atoms with Crippen LogP contribution in [0, 0.1) is 0 Å². The Morgan fingerprint density at radius 2 is 0.738 bits per heavy atom. The van der Waals surface area contributed by atoms with E-state index in [2.05, 4.69) is 153 Å². The van der Waals surface area contributed by atoms with Gasteiger partial charge in [-0.25, -0.2) is 0 Å². The van der Waals surface area contributed by atoms with E-state index in [9.17, 15) is 15.0 Å². The van der Waals surface area contributed by atoms with Crippen molar-refractivity contribution in [1.82, 2.24) is 5.32 Å². The van der Waals surface area contributed by atoms with Gasteiger partial charge < -0.3 is 15.5 Å². The number of hydrogen-bond donors (Lipinski definition) is 3. The van der Waals surface area contributed by atoms with Gasteiger partial charge >= 0.3 is 0 Å². The molecule has 2 atom stereocenters. The Morgan fingerprint density at radius 1 is 0.410 bits per heavy atom. The summed E-state index contributed by atoms with van der Waals surface area (Å²) in [4.78, 5) is 12.4. The van der Waals surface area contributed by atoms with Crippen molar-refractivity contribution in [2.75, 3.05) is 6.61 Å². The highest BCUT2D eigenvalue weighted by Crippen LogP contribution is 2.12. The molecule has 3 N–H and O–H groups in total. The largest absolute Gasteiger partial charge is 0.394 e. The van der Waals surface area contributed by atoms with Crippen molar-refractivity contribution < 1.29 is 15.0 Å². The van der Waals surface area contributed by atoms with Crippen LogP contribution in [0.1, 0.15) is 187 Å². The highest BCUT2D eigenvalue weighted by molar-refractivity contribution is 5.76. The first kappa shape index (κ1) is 57.3. The van der Waals surface area contributed by atoms with Gasteiger partial charge in [0.05, 0.1) is 18.8 Å². The van der Waals surface area contributed by atoms with Crippen LogP contribution < -0.4 is 5.32 Å². The molecule has 0 saturated heterocycles. The second-order valence-corrected chi connectivity index (χ2v) is 15.8. The lowest BCUT2D eigenvalue weighted by Gasteiger charge is -2.19. The van der Waals surface area contributed by atoms with Crippen LogP contribution in [-0.2, 0) is 4.79 Å². The van der Waals surface area contributed by atoms with E-state index in [-0.39, 0.29) is 12.5 Å². The number of unbranched alkanes of at least 4 members (excludes halogenated alkanes) is 13. The van der Waals surface area contributed by atoms with Crippen LogP contribution in [0.4, 0.5) is 0 Å². The summed E-state index contributed by atoms with van der Waals surface area (Å²) in [5.41, 5.74) is 0. The van der Waals surface area contributed by atoms with Crippen LogP contribution in [0.15, 0.2) is 146 Å². The van der Waals surface area contributed by atoms with Crippen molar-refractivity contribution in [2.24, 2.45) is 0 Å². The predicted octanol–water partition coefficient (Wildman–Crippen LogP) is 16.1. The molecule has 0 saturated carbocycles. The minimum Gasteiger partial charge on any atom is -0.394 e. The maximum Gasteiger partial charge on any atom is 0.220 e. The van der Waals surface area contributed by atoms with Crippen LogP contribution >= 0.6 is 0 Å². The number of rotatable bonds is 42. The van der Waals surface area contributed by atoms with Crippen LogP contribution in [0.3, 0.4) is 0 Å². The summed E-state index contributed by atoms with van der Waals surface area (Å²) in [7, 11) is 0. The van der Waals surface area contributed by atoms with E-state index >= 15 is 0 Å². The third kappa shape index (κ3) is 47.2. The van der Waals surface area contributed by atoms with Crippen molar-refractivity contribution in [1.29, 1.82) is 0 Å². The first-order valence-electron chi connectivity index (χ1n) is 24.5. The highest BCUT2D eigenvalue weighted by atomic mass is 16.3. The zero-order valence-corrected chi connectivity index (χ0v) is 39.1. The van der Waals surface area contributed by atoms with E-state index in [1.165, 1.54) is 64.2 Å². The normalized spacial score (nSPS) is 14.2. The molecular formula is C57H91NO3. The summed E-state index contributed by atoms with van der Waals surface area (Å²) in [6.07, 6.45) is 81.2. The number of carbonyl (C=O) groups excluding carboxylic acids is 1. The summed E-state index contributed by atoms with van der Waals surface area (Å²) in [5.74, 6) is -0.0937. The van der Waals surface area contributed by atoms with Crippen molar-refractivity contribution in [3.05, 3.63) is 146 Å². The molecule has 0 aromatic heterocycles. The standard InChI is InChI=1S/C57H91NO3/c1-3-5-7-9-11-13-15-17-18-19-20-21-22-23-24-25-26-27-28-29-30-31-32-33-34-35-36-37-38-39-40-41-43-45-47-49-51-53-57(61)58-55(54-59)56(60)52-50-48-46-44-42-16-14-12-10-8-6-4-2/h5,7,10-13,17-18,20-21,23-24,26-27,29-30,32-33,35-36,42,44,50,52,55-56,59-60H,3-4,6,8-9,14-16,19,22,25,28,31,34,37-41,43,45-49,51,53-54H2,1-2H3,(H,58,61)/b7-5-,12-10+,13-11-,18-17-,21-20-,24-23-,27-26-,30-29-,33-32-,36-35-,44-42+,52-50+. The van der Waals surface area contributed by atoms with Gasteiger partial charge in [-0.05, 0) is 109 Å². The molecule has 0 aromatic rings. The molecule has 4 nitrogen and oxygen atoms in total. The van der Waals surface area contributed by atoms with Gasteiger partial charge in [0, 0.05) is 6.42 Å². The van der Waals surface area contributed by atoms with Gasteiger partial charge in [0.1, 0.15) is 0 Å². The molecule has 0 rings (SSSR count). The SMILES string of the molecule is CC/C=C\C/C=C\C/C=C\C/C=C\C/C=C\C/C=C\C/C=C\C/C=C\C/C=C\CCCCCCCCCCCC(=O)NC(CO)C(O)/C=C/CC/C=C/CC/C=C/CCCC. The minimum absolute atomic E-state index is 0.0937. The molecule has 0 fully saturated rings. The van der Waals surface area contributed by atoms with Crippen LogP contribution in [-0.4, -0.2) is 34.9 Å². The Labute approximate surface area is 376 Å². The summed E-state index contributed by atoms with van der Waals surface area (Å²) >= 11 is 0. The van der Waals surface area contributed by atoms with Crippen LogP contribution in [0.5, 0.6) is 0 Å². The van der Waals surface area contributed by atoms with Gasteiger partial charge in [0.25, 0.3) is 0 Å². The number of allylic oxidation sites excluding steroid dienone is 23. The fourth-order valence-corrected chi connectivity index (χ4v) is 6.30. The lowest BCUT2D eigenvalue weighted by atomic mass is 10.1. The summed E-state index contributed by atoms with van der Waals surface area (Å²) in [6, 6.07) is -0.658. The van der Waals surface area contributed by atoms with Crippen molar-refractivity contribution in [3.8, 4) is 0 Å². The highest BCUT2D eigenvalue weighted by Gasteiger charge is 2.17. The molecule has 0 heterocycles. The molecule has 0 aliphatic heterocycles. The molecule has 342 valence electrons. The fraction of sp³-hybridized carbons (Fsp3) is 0.561. The molecule has 0 bridgehead atoms. The van der Waals surface area contributed by atoms with Gasteiger partial charge in [-0.3, -0.25) is 4.79 Å². The Kier molecular flexibility index (Phi) is 47.5. The van der Waals surface area contributed by atoms with E-state index in [1.807, 2.05) is 6.08 Å². The molecule has 1 amide bonds. The predicted molar refractivity (Wildman–Crippen MR) is 271 cm³/mol. The van der Waals surface area contributed by atoms with Crippen molar-refractivity contribution in [3.63, 3.8) is 0 Å². The van der Waals surface area contributed by atoms with E-state index in [0.29, 0.717) is 6.42 Å². The summed E-state index contributed by atoms with van der Waals surface area (Å²) < 4.78 is 0. The monoisotopic (exact) mass is 838 g/mol. The molecule has 2 unspecified atom stereocenters. The van der Waals surface area contributed by atoms with Crippen LogP contribution in [0.25, 0.3) is 0 Å². The lowest BCUT2D eigenvalue weighted by molar-refractivity contribution is -0.123. The van der Waals surface area contributed by atoms with Gasteiger partial charge in [-0.15, -0.1) is 0 Å². The number of hydrogen-bond acceptors (Lipinski definition) is 3. The number of amides is 1. The third-order valence-electron chi connectivity index (χ3n) is 10.0. The van der Waals surface area contributed by atoms with Crippen molar-refractivity contribution in [2.45, 2.75) is 199 Å². The molecule has 0 aliphatic carbocycles. The van der Waals surface area contributed by atoms with Gasteiger partial charge in [-0.2, -0.15) is 0 Å². The molecule has 61 heavy (non-hydrogen) atoms. The molecule has 4 heteroatoms. The first-order valence-corrected chi connectivity index (χ1v) is 24.5. The first-order chi connectivity index (χ1) is 30.2.